The second kappa shape index (κ2) is 6.22. The number of piperidine rings is 1. The van der Waals surface area contributed by atoms with Gasteiger partial charge in [-0.15, -0.1) is 0 Å². The molecule has 1 saturated heterocycles. The van der Waals surface area contributed by atoms with Crippen molar-refractivity contribution < 1.29 is 14.3 Å². The predicted molar refractivity (Wildman–Crippen MR) is 76.1 cm³/mol. The zero-order chi connectivity index (χ0) is 14.7. The van der Waals surface area contributed by atoms with Gasteiger partial charge in [0.25, 0.3) is 0 Å². The fourth-order valence-corrected chi connectivity index (χ4v) is 2.73. The molecule has 1 aliphatic rings. The molecule has 0 spiro atoms. The second-order valence-corrected chi connectivity index (χ2v) is 5.45. The summed E-state index contributed by atoms with van der Waals surface area (Å²) in [5.41, 5.74) is 1.29. The number of benzene rings is 1. The van der Waals surface area contributed by atoms with E-state index in [9.17, 15) is 14.3 Å². The molecule has 0 radical (unpaired) electrons. The number of urea groups is 1. The Hall–Kier alpha value is -1.62. The van der Waals surface area contributed by atoms with Crippen molar-refractivity contribution >= 4 is 11.7 Å². The highest BCUT2D eigenvalue weighted by molar-refractivity contribution is 5.90. The molecule has 2 atom stereocenters. The molecule has 0 saturated carbocycles. The monoisotopic (exact) mass is 280 g/mol. The summed E-state index contributed by atoms with van der Waals surface area (Å²) in [6.07, 6.45) is 1.96. The first-order valence-corrected chi connectivity index (χ1v) is 6.97. The SMILES string of the molecule is Cc1cc(F)ccc1NC(=O)N1CCCC(C)C1CO. The molecule has 0 bridgehead atoms. The number of anilines is 1. The van der Waals surface area contributed by atoms with Gasteiger partial charge in [0, 0.05) is 12.2 Å². The highest BCUT2D eigenvalue weighted by atomic mass is 19.1. The standard InChI is InChI=1S/C15H21FN2O2/c1-10-4-3-7-18(14(10)9-19)15(20)17-13-6-5-12(16)8-11(13)2/h5-6,8,10,14,19H,3-4,7,9H2,1-2H3,(H,17,20). The van der Waals surface area contributed by atoms with Crippen LogP contribution in [-0.2, 0) is 0 Å². The summed E-state index contributed by atoms with van der Waals surface area (Å²) in [7, 11) is 0. The van der Waals surface area contributed by atoms with Crippen LogP contribution in [-0.4, -0.2) is 35.2 Å². The first-order chi connectivity index (χ1) is 9.52. The fraction of sp³-hybridized carbons (Fsp3) is 0.533. The maximum absolute atomic E-state index is 13.1. The number of hydrogen-bond acceptors (Lipinski definition) is 2. The van der Waals surface area contributed by atoms with E-state index >= 15 is 0 Å². The maximum atomic E-state index is 13.1. The molecule has 1 aliphatic heterocycles. The quantitative estimate of drug-likeness (QED) is 0.875. The molecule has 1 fully saturated rings. The Labute approximate surface area is 118 Å². The van der Waals surface area contributed by atoms with Crippen molar-refractivity contribution in [2.45, 2.75) is 32.7 Å². The molecule has 2 N–H and O–H groups in total. The van der Waals surface area contributed by atoms with E-state index in [2.05, 4.69) is 5.32 Å². The number of aliphatic hydroxyl groups excluding tert-OH is 1. The third kappa shape index (κ3) is 3.10. The number of carbonyl (C=O) groups is 1. The molecule has 0 aromatic heterocycles. The van der Waals surface area contributed by atoms with E-state index in [0.717, 1.165) is 12.8 Å². The van der Waals surface area contributed by atoms with Gasteiger partial charge in [0.05, 0.1) is 12.6 Å². The Bertz CT molecular complexity index is 493. The second-order valence-electron chi connectivity index (χ2n) is 5.45. The summed E-state index contributed by atoms with van der Waals surface area (Å²) in [6, 6.07) is 3.89. The van der Waals surface area contributed by atoms with Crippen LogP contribution in [0.5, 0.6) is 0 Å². The maximum Gasteiger partial charge on any atom is 0.322 e. The number of nitrogens with zero attached hydrogens (tertiary/aromatic N) is 1. The van der Waals surface area contributed by atoms with Crippen LogP contribution in [0.3, 0.4) is 0 Å². The van der Waals surface area contributed by atoms with Crippen LogP contribution in [0.25, 0.3) is 0 Å². The third-order valence-electron chi connectivity index (χ3n) is 3.99. The summed E-state index contributed by atoms with van der Waals surface area (Å²) >= 11 is 0. The lowest BCUT2D eigenvalue weighted by Crippen LogP contribution is -2.51. The molecule has 5 heteroatoms. The smallest absolute Gasteiger partial charge is 0.322 e. The van der Waals surface area contributed by atoms with Gasteiger partial charge in [-0.05, 0) is 49.4 Å². The first-order valence-electron chi connectivity index (χ1n) is 6.97. The molecular formula is C15H21FN2O2. The van der Waals surface area contributed by atoms with E-state index in [4.69, 9.17) is 0 Å². The van der Waals surface area contributed by atoms with Crippen molar-refractivity contribution in [3.8, 4) is 0 Å². The molecule has 4 nitrogen and oxygen atoms in total. The average molecular weight is 280 g/mol. The van der Waals surface area contributed by atoms with Crippen LogP contribution in [0.2, 0.25) is 0 Å². The molecule has 2 unspecified atom stereocenters. The molecule has 20 heavy (non-hydrogen) atoms. The Balaban J connectivity index is 2.10. The summed E-state index contributed by atoms with van der Waals surface area (Å²) in [5.74, 6) is -0.0332. The van der Waals surface area contributed by atoms with E-state index in [0.29, 0.717) is 17.8 Å². The number of aliphatic hydroxyl groups is 1. The molecule has 2 rings (SSSR count). The Morgan fingerprint density at radius 3 is 2.95 bits per heavy atom. The Kier molecular flexibility index (Phi) is 4.60. The van der Waals surface area contributed by atoms with E-state index in [1.54, 1.807) is 17.9 Å². The summed E-state index contributed by atoms with van der Waals surface area (Å²) < 4.78 is 13.1. The minimum atomic E-state index is -0.319. The van der Waals surface area contributed by atoms with Gasteiger partial charge >= 0.3 is 6.03 Å². The van der Waals surface area contributed by atoms with Crippen LogP contribution in [0.4, 0.5) is 14.9 Å². The number of likely N-dealkylation sites (tertiary alicyclic amines) is 1. The van der Waals surface area contributed by atoms with Crippen LogP contribution < -0.4 is 5.32 Å². The van der Waals surface area contributed by atoms with Gasteiger partial charge < -0.3 is 15.3 Å². The van der Waals surface area contributed by atoms with Gasteiger partial charge in [-0.25, -0.2) is 9.18 Å². The largest absolute Gasteiger partial charge is 0.394 e. The van der Waals surface area contributed by atoms with Crippen LogP contribution >= 0.6 is 0 Å². The average Bonchev–Trinajstić information content (AvgIpc) is 2.41. The molecule has 2 amide bonds. The van der Waals surface area contributed by atoms with Crippen molar-refractivity contribution in [1.29, 1.82) is 0 Å². The molecule has 110 valence electrons. The predicted octanol–water partition coefficient (Wildman–Crippen LogP) is 2.76. The van der Waals surface area contributed by atoms with Crippen molar-refractivity contribution in [3.05, 3.63) is 29.6 Å². The van der Waals surface area contributed by atoms with Crippen molar-refractivity contribution in [3.63, 3.8) is 0 Å². The highest BCUT2D eigenvalue weighted by Gasteiger charge is 2.31. The summed E-state index contributed by atoms with van der Waals surface area (Å²) in [6.45, 7) is 4.41. The van der Waals surface area contributed by atoms with Crippen LogP contribution in [0, 0.1) is 18.7 Å². The lowest BCUT2D eigenvalue weighted by Gasteiger charge is -2.39. The van der Waals surface area contributed by atoms with Gasteiger partial charge in [0.1, 0.15) is 5.82 Å². The normalized spacial score (nSPS) is 22.7. The molecule has 1 aromatic rings. The van der Waals surface area contributed by atoms with Crippen molar-refractivity contribution in [2.24, 2.45) is 5.92 Å². The van der Waals surface area contributed by atoms with Gasteiger partial charge in [-0.2, -0.15) is 0 Å². The lowest BCUT2D eigenvalue weighted by atomic mass is 9.91. The minimum Gasteiger partial charge on any atom is -0.394 e. The number of carbonyl (C=O) groups excluding carboxylic acids is 1. The topological polar surface area (TPSA) is 52.6 Å². The van der Waals surface area contributed by atoms with Crippen molar-refractivity contribution in [1.82, 2.24) is 4.90 Å². The fourth-order valence-electron chi connectivity index (χ4n) is 2.73. The van der Waals surface area contributed by atoms with E-state index < -0.39 is 0 Å². The number of hydrogen-bond donors (Lipinski definition) is 2. The Morgan fingerprint density at radius 2 is 2.30 bits per heavy atom. The highest BCUT2D eigenvalue weighted by Crippen LogP contribution is 2.24. The van der Waals surface area contributed by atoms with Gasteiger partial charge in [-0.1, -0.05) is 6.92 Å². The number of aryl methyl sites for hydroxylation is 1. The van der Waals surface area contributed by atoms with Crippen LogP contribution in [0.15, 0.2) is 18.2 Å². The molecule has 1 aromatic carbocycles. The van der Waals surface area contributed by atoms with Crippen molar-refractivity contribution in [2.75, 3.05) is 18.5 Å². The lowest BCUT2D eigenvalue weighted by molar-refractivity contribution is 0.0811. The van der Waals surface area contributed by atoms with Gasteiger partial charge in [0.2, 0.25) is 0 Å². The minimum absolute atomic E-state index is 0.0308. The summed E-state index contributed by atoms with van der Waals surface area (Å²) in [4.78, 5) is 14.0. The number of amides is 2. The number of rotatable bonds is 2. The van der Waals surface area contributed by atoms with Crippen LogP contribution in [0.1, 0.15) is 25.3 Å². The van der Waals surface area contributed by atoms with E-state index in [1.807, 2.05) is 6.92 Å². The first kappa shape index (κ1) is 14.8. The van der Waals surface area contributed by atoms with Gasteiger partial charge in [-0.3, -0.25) is 0 Å². The van der Waals surface area contributed by atoms with Gasteiger partial charge in [0.15, 0.2) is 0 Å². The Morgan fingerprint density at radius 1 is 1.55 bits per heavy atom. The molecule has 0 aliphatic carbocycles. The number of halogens is 1. The molecular weight excluding hydrogens is 259 g/mol. The van der Waals surface area contributed by atoms with E-state index in [1.165, 1.54) is 12.1 Å². The number of nitrogens with one attached hydrogen (secondary N) is 1. The van der Waals surface area contributed by atoms with E-state index in [-0.39, 0.29) is 30.4 Å². The summed E-state index contributed by atoms with van der Waals surface area (Å²) in [5, 5.41) is 12.3. The zero-order valence-corrected chi connectivity index (χ0v) is 11.9. The molecule has 1 heterocycles. The zero-order valence-electron chi connectivity index (χ0n) is 11.9. The third-order valence-corrected chi connectivity index (χ3v) is 3.99.